The van der Waals surface area contributed by atoms with Crippen molar-refractivity contribution in [1.82, 2.24) is 9.97 Å². The summed E-state index contributed by atoms with van der Waals surface area (Å²) in [5.74, 6) is 0.461. The van der Waals surface area contributed by atoms with Gasteiger partial charge in [-0.1, -0.05) is 18.2 Å². The number of carbonyl (C=O) groups excluding carboxylic acids is 1. The van der Waals surface area contributed by atoms with E-state index in [9.17, 15) is 4.79 Å². The Morgan fingerprint density at radius 2 is 1.92 bits per heavy atom. The molecule has 0 radical (unpaired) electrons. The molecule has 1 amide bonds. The van der Waals surface area contributed by atoms with Gasteiger partial charge in [0.2, 0.25) is 11.9 Å². The fourth-order valence-corrected chi connectivity index (χ4v) is 3.21. The van der Waals surface area contributed by atoms with Gasteiger partial charge in [0.15, 0.2) is 0 Å². The molecule has 5 nitrogen and oxygen atoms in total. The summed E-state index contributed by atoms with van der Waals surface area (Å²) < 4.78 is 0. The molecule has 0 bridgehead atoms. The predicted molar refractivity (Wildman–Crippen MR) is 101 cm³/mol. The molecule has 0 saturated carbocycles. The number of para-hydroxylation sites is 1. The Morgan fingerprint density at radius 1 is 1.12 bits per heavy atom. The number of amides is 1. The van der Waals surface area contributed by atoms with Crippen LogP contribution in [-0.4, -0.2) is 22.1 Å². The minimum absolute atomic E-state index is 0.0526. The van der Waals surface area contributed by atoms with Crippen LogP contribution in [0.25, 0.3) is 11.3 Å². The van der Waals surface area contributed by atoms with E-state index in [0.717, 1.165) is 28.2 Å². The third kappa shape index (κ3) is 3.21. The first-order valence-electron chi connectivity index (χ1n) is 7.89. The highest BCUT2D eigenvalue weighted by Crippen LogP contribution is 2.32. The topological polar surface area (TPSA) is 66.9 Å². The summed E-state index contributed by atoms with van der Waals surface area (Å²) in [5, 5.41) is 6.15. The van der Waals surface area contributed by atoms with Crippen LogP contribution in [-0.2, 0) is 11.2 Å². The van der Waals surface area contributed by atoms with Crippen LogP contribution in [0.15, 0.2) is 59.6 Å². The normalized spacial score (nSPS) is 12.6. The lowest BCUT2D eigenvalue weighted by Gasteiger charge is -2.10. The molecular weight excluding hydrogens is 332 g/mol. The lowest BCUT2D eigenvalue weighted by atomic mass is 10.1. The van der Waals surface area contributed by atoms with E-state index in [1.807, 2.05) is 54.8 Å². The Bertz CT molecular complexity index is 940. The first-order chi connectivity index (χ1) is 12.2. The molecule has 1 aliphatic heterocycles. The van der Waals surface area contributed by atoms with Crippen molar-refractivity contribution < 1.29 is 4.79 Å². The summed E-state index contributed by atoms with van der Waals surface area (Å²) in [7, 11) is 0. The first kappa shape index (κ1) is 15.7. The predicted octanol–water partition coefficient (Wildman–Crippen LogP) is 4.10. The van der Waals surface area contributed by atoms with Crippen LogP contribution in [0.5, 0.6) is 0 Å². The van der Waals surface area contributed by atoms with E-state index < -0.39 is 0 Å². The van der Waals surface area contributed by atoms with Gasteiger partial charge in [-0.25, -0.2) is 9.97 Å². The van der Waals surface area contributed by atoms with E-state index in [4.69, 9.17) is 0 Å². The van der Waals surface area contributed by atoms with Crippen molar-refractivity contribution in [1.29, 1.82) is 0 Å². The fourth-order valence-electron chi connectivity index (χ4n) is 2.80. The molecule has 2 aromatic carbocycles. The van der Waals surface area contributed by atoms with Gasteiger partial charge in [-0.2, -0.15) is 0 Å². The largest absolute Gasteiger partial charge is 0.325 e. The summed E-state index contributed by atoms with van der Waals surface area (Å²) >= 11 is 1.70. The zero-order valence-electron chi connectivity index (χ0n) is 13.6. The second kappa shape index (κ2) is 6.57. The second-order valence-corrected chi connectivity index (χ2v) is 6.57. The second-order valence-electron chi connectivity index (χ2n) is 5.69. The van der Waals surface area contributed by atoms with Gasteiger partial charge in [0.25, 0.3) is 0 Å². The molecule has 4 rings (SSSR count). The Labute approximate surface area is 149 Å². The van der Waals surface area contributed by atoms with Gasteiger partial charge in [-0.15, -0.1) is 11.8 Å². The van der Waals surface area contributed by atoms with E-state index in [0.29, 0.717) is 5.95 Å². The van der Waals surface area contributed by atoms with Crippen LogP contribution >= 0.6 is 11.8 Å². The molecule has 0 atom stereocenters. The van der Waals surface area contributed by atoms with Crippen molar-refractivity contribution in [2.75, 3.05) is 16.9 Å². The average molecular weight is 348 g/mol. The molecule has 3 aromatic rings. The van der Waals surface area contributed by atoms with Gasteiger partial charge >= 0.3 is 0 Å². The van der Waals surface area contributed by atoms with Gasteiger partial charge in [-0.05, 0) is 36.6 Å². The minimum Gasteiger partial charge on any atom is -0.325 e. The zero-order valence-corrected chi connectivity index (χ0v) is 14.4. The molecule has 0 unspecified atom stereocenters. The fraction of sp³-hybridized carbons (Fsp3) is 0.105. The van der Waals surface area contributed by atoms with E-state index in [2.05, 4.69) is 20.6 Å². The monoisotopic (exact) mass is 348 g/mol. The van der Waals surface area contributed by atoms with Crippen molar-refractivity contribution in [3.63, 3.8) is 0 Å². The number of hydrogen-bond acceptors (Lipinski definition) is 5. The summed E-state index contributed by atoms with van der Waals surface area (Å²) in [6.07, 6.45) is 4.04. The number of benzene rings is 2. The number of carbonyl (C=O) groups is 1. The van der Waals surface area contributed by atoms with Crippen molar-refractivity contribution in [3.8, 4) is 11.3 Å². The molecule has 1 aliphatic rings. The Morgan fingerprint density at radius 3 is 2.72 bits per heavy atom. The van der Waals surface area contributed by atoms with Crippen molar-refractivity contribution in [2.45, 2.75) is 11.3 Å². The molecule has 6 heteroatoms. The number of fused-ring (bicyclic) bond motifs is 3. The van der Waals surface area contributed by atoms with E-state index >= 15 is 0 Å². The lowest BCUT2D eigenvalue weighted by molar-refractivity contribution is -0.115. The Kier molecular flexibility index (Phi) is 4.11. The van der Waals surface area contributed by atoms with Gasteiger partial charge < -0.3 is 10.6 Å². The number of aromatic nitrogens is 2. The summed E-state index contributed by atoms with van der Waals surface area (Å²) in [4.78, 5) is 22.3. The molecule has 1 aromatic heterocycles. The van der Waals surface area contributed by atoms with Gasteiger partial charge in [0, 0.05) is 27.9 Å². The Balaban J connectivity index is 1.72. The van der Waals surface area contributed by atoms with Crippen LogP contribution in [0.3, 0.4) is 0 Å². The Hall–Kier alpha value is -2.86. The number of anilines is 3. The number of thioether (sulfide) groups is 1. The average Bonchev–Trinajstić information content (AvgIpc) is 2.78. The maximum Gasteiger partial charge on any atom is 0.228 e. The SMILES string of the molecule is CSc1ccc(Nc2ncc3c(n2)-c2ccccc2NC(=O)C3)cc1. The van der Waals surface area contributed by atoms with Crippen molar-refractivity contribution >= 4 is 35.0 Å². The van der Waals surface area contributed by atoms with E-state index in [1.165, 1.54) is 4.90 Å². The number of nitrogens with zero attached hydrogens (tertiary/aromatic N) is 2. The van der Waals surface area contributed by atoms with Crippen molar-refractivity contribution in [3.05, 3.63) is 60.3 Å². The summed E-state index contributed by atoms with van der Waals surface area (Å²) in [5.41, 5.74) is 4.22. The highest BCUT2D eigenvalue weighted by molar-refractivity contribution is 7.98. The lowest BCUT2D eigenvalue weighted by Crippen LogP contribution is -2.12. The zero-order chi connectivity index (χ0) is 17.2. The maximum atomic E-state index is 12.1. The number of nitrogens with one attached hydrogen (secondary N) is 2. The van der Waals surface area contributed by atoms with Crippen LogP contribution in [0.2, 0.25) is 0 Å². The third-order valence-corrected chi connectivity index (χ3v) is 4.76. The molecule has 0 spiro atoms. The molecule has 0 aliphatic carbocycles. The number of hydrogen-bond donors (Lipinski definition) is 2. The van der Waals surface area contributed by atoms with E-state index in [1.54, 1.807) is 18.0 Å². The van der Waals surface area contributed by atoms with Crippen molar-refractivity contribution in [2.24, 2.45) is 0 Å². The summed E-state index contributed by atoms with van der Waals surface area (Å²) in [6, 6.07) is 15.8. The van der Waals surface area contributed by atoms with Gasteiger partial charge in [-0.3, -0.25) is 4.79 Å². The first-order valence-corrected chi connectivity index (χ1v) is 9.11. The maximum absolute atomic E-state index is 12.1. The molecule has 0 saturated heterocycles. The molecule has 25 heavy (non-hydrogen) atoms. The van der Waals surface area contributed by atoms with Crippen LogP contribution in [0.4, 0.5) is 17.3 Å². The highest BCUT2D eigenvalue weighted by atomic mass is 32.2. The highest BCUT2D eigenvalue weighted by Gasteiger charge is 2.20. The third-order valence-electron chi connectivity index (χ3n) is 4.02. The molecule has 124 valence electrons. The molecule has 0 fully saturated rings. The smallest absolute Gasteiger partial charge is 0.228 e. The molecule has 2 heterocycles. The quantitative estimate of drug-likeness (QED) is 0.698. The van der Waals surface area contributed by atoms with Gasteiger partial charge in [0.05, 0.1) is 17.8 Å². The summed E-state index contributed by atoms with van der Waals surface area (Å²) in [6.45, 7) is 0. The van der Waals surface area contributed by atoms with Gasteiger partial charge in [0.1, 0.15) is 0 Å². The molecule has 2 N–H and O–H groups in total. The van der Waals surface area contributed by atoms with Crippen LogP contribution in [0.1, 0.15) is 5.56 Å². The minimum atomic E-state index is -0.0526. The number of rotatable bonds is 3. The van der Waals surface area contributed by atoms with Crippen LogP contribution < -0.4 is 10.6 Å². The van der Waals surface area contributed by atoms with E-state index in [-0.39, 0.29) is 12.3 Å². The standard InChI is InChI=1S/C19H16N4OS/c1-25-14-8-6-13(7-9-14)21-19-20-11-12-10-17(24)22-16-5-3-2-4-15(16)18(12)23-19/h2-9,11H,10H2,1H3,(H,22,24)(H,20,21,23). The molecular formula is C19H16N4OS. The van der Waals surface area contributed by atoms with Crippen LogP contribution in [0, 0.1) is 0 Å².